The van der Waals surface area contributed by atoms with E-state index in [1.165, 1.54) is 16.7 Å². The number of aliphatic hydroxyl groups is 1. The first kappa shape index (κ1) is 19.1. The van der Waals surface area contributed by atoms with Gasteiger partial charge in [0.05, 0.1) is 23.8 Å². The summed E-state index contributed by atoms with van der Waals surface area (Å²) in [6, 6.07) is -0.248. The Labute approximate surface area is 164 Å². The number of carboxylic acids is 1. The van der Waals surface area contributed by atoms with Crippen molar-refractivity contribution in [2.75, 3.05) is 6.54 Å². The normalized spacial score (nSPS) is 30.5. The zero-order valence-corrected chi connectivity index (χ0v) is 16.0. The van der Waals surface area contributed by atoms with Crippen LogP contribution >= 0.6 is 11.8 Å². The molecule has 4 heterocycles. The fourth-order valence-electron chi connectivity index (χ4n) is 4.37. The Bertz CT molecular complexity index is 906. The number of hydrogen-bond donors (Lipinski definition) is 6. The number of thioether (sulfide) groups is 1. The van der Waals surface area contributed by atoms with Crippen molar-refractivity contribution in [2.45, 2.75) is 49.6 Å². The number of fused-ring (bicyclic) bond motifs is 1. The number of carbonyl (C=O) groups excluding carboxylic acids is 1. The standard InChI is InChI=1S/C17H22N4O6S/c1-6(22)12-10-4-11(13(16(25)26)21(10)15(12)24)28-8-2-7(18-5-8)3-9-14(23)20-17(27)19-9/h6-8,10,12,18,22-23H,2-5H2,1H3,(H,25,26)(H2,19,20,27)/t6-,7+,8+,10-,12-/m1/s1. The number of aromatic amines is 2. The molecule has 152 valence electrons. The van der Waals surface area contributed by atoms with E-state index in [4.69, 9.17) is 0 Å². The number of hydrogen-bond acceptors (Lipinski definition) is 7. The molecule has 10 nitrogen and oxygen atoms in total. The molecule has 0 aromatic carbocycles. The summed E-state index contributed by atoms with van der Waals surface area (Å²) in [5, 5.41) is 32.5. The van der Waals surface area contributed by atoms with Crippen LogP contribution in [0.5, 0.6) is 5.88 Å². The Kier molecular flexibility index (Phi) is 4.76. The Hall–Kier alpha value is -2.24. The van der Waals surface area contributed by atoms with E-state index in [0.717, 1.165) is 6.42 Å². The molecular formula is C17H22N4O6S. The van der Waals surface area contributed by atoms with Gasteiger partial charge in [-0.15, -0.1) is 11.8 Å². The molecule has 6 N–H and O–H groups in total. The van der Waals surface area contributed by atoms with E-state index in [1.807, 2.05) is 0 Å². The molecule has 3 aliphatic heterocycles. The highest BCUT2D eigenvalue weighted by atomic mass is 32.2. The number of aliphatic hydroxyl groups excluding tert-OH is 1. The number of aromatic hydroxyl groups is 1. The second-order valence-electron chi connectivity index (χ2n) is 7.51. The van der Waals surface area contributed by atoms with Crippen molar-refractivity contribution in [3.63, 3.8) is 0 Å². The SMILES string of the molecule is C[C@@H](O)[C@H]1C(=O)N2C(C(=O)O)=C(S[C@@H]3CN[C@H](Cc4[nH]c(=O)[nH]c4O)C3)C[C@H]12. The number of nitrogens with one attached hydrogen (secondary N) is 3. The minimum atomic E-state index is -1.13. The van der Waals surface area contributed by atoms with Crippen molar-refractivity contribution in [3.8, 4) is 5.88 Å². The van der Waals surface area contributed by atoms with Gasteiger partial charge < -0.3 is 30.5 Å². The van der Waals surface area contributed by atoms with Crippen LogP contribution in [-0.2, 0) is 16.0 Å². The summed E-state index contributed by atoms with van der Waals surface area (Å²) in [7, 11) is 0. The predicted octanol–water partition coefficient (Wildman–Crippen LogP) is -0.677. The number of nitrogens with zero attached hydrogens (tertiary/aromatic N) is 1. The molecule has 5 atom stereocenters. The van der Waals surface area contributed by atoms with E-state index >= 15 is 0 Å². The zero-order chi connectivity index (χ0) is 20.2. The lowest BCUT2D eigenvalue weighted by Gasteiger charge is -2.44. The molecule has 1 aromatic heterocycles. The van der Waals surface area contributed by atoms with E-state index < -0.39 is 23.7 Å². The fourth-order valence-corrected chi connectivity index (χ4v) is 5.84. The van der Waals surface area contributed by atoms with Gasteiger partial charge in [0.25, 0.3) is 0 Å². The van der Waals surface area contributed by atoms with Gasteiger partial charge >= 0.3 is 11.7 Å². The summed E-state index contributed by atoms with van der Waals surface area (Å²) in [5.41, 5.74) is 0.0161. The molecular weight excluding hydrogens is 388 g/mol. The number of H-pyrrole nitrogens is 2. The van der Waals surface area contributed by atoms with Crippen molar-refractivity contribution in [1.29, 1.82) is 0 Å². The first-order chi connectivity index (χ1) is 13.3. The summed E-state index contributed by atoms with van der Waals surface area (Å²) in [6.07, 6.45) is 0.818. The molecule has 0 spiro atoms. The average Bonchev–Trinajstić information content (AvgIpc) is 3.25. The van der Waals surface area contributed by atoms with Crippen molar-refractivity contribution < 1.29 is 24.9 Å². The topological polar surface area (TPSA) is 159 Å². The van der Waals surface area contributed by atoms with Crippen LogP contribution < -0.4 is 11.0 Å². The second kappa shape index (κ2) is 6.98. The lowest BCUT2D eigenvalue weighted by atomic mass is 9.83. The lowest BCUT2D eigenvalue weighted by Crippen LogP contribution is -2.61. The molecule has 1 aromatic rings. The minimum Gasteiger partial charge on any atom is -0.493 e. The number of amides is 1. The van der Waals surface area contributed by atoms with Gasteiger partial charge in [-0.2, -0.15) is 0 Å². The van der Waals surface area contributed by atoms with Gasteiger partial charge in [-0.1, -0.05) is 0 Å². The molecule has 1 amide bonds. The predicted molar refractivity (Wildman–Crippen MR) is 99.7 cm³/mol. The molecule has 0 bridgehead atoms. The van der Waals surface area contributed by atoms with Gasteiger partial charge in [-0.3, -0.25) is 9.78 Å². The molecule has 28 heavy (non-hydrogen) atoms. The molecule has 2 fully saturated rings. The number of imidazole rings is 1. The second-order valence-corrected chi connectivity index (χ2v) is 8.91. The lowest BCUT2D eigenvalue weighted by molar-refractivity contribution is -0.161. The third-order valence-corrected chi connectivity index (χ3v) is 6.95. The Balaban J connectivity index is 1.43. The van der Waals surface area contributed by atoms with Crippen LogP contribution in [0, 0.1) is 5.92 Å². The fraction of sp³-hybridized carbons (Fsp3) is 0.588. The third kappa shape index (κ3) is 3.12. The summed E-state index contributed by atoms with van der Waals surface area (Å²) in [5.74, 6) is -2.17. The van der Waals surface area contributed by atoms with Crippen LogP contribution in [0.4, 0.5) is 0 Å². The smallest absolute Gasteiger partial charge is 0.353 e. The van der Waals surface area contributed by atoms with Crippen molar-refractivity contribution >= 4 is 23.6 Å². The number of aromatic nitrogens is 2. The van der Waals surface area contributed by atoms with Crippen molar-refractivity contribution in [3.05, 3.63) is 26.8 Å². The molecule has 2 saturated heterocycles. The van der Waals surface area contributed by atoms with Crippen LogP contribution in [0.2, 0.25) is 0 Å². The molecule has 3 aliphatic rings. The van der Waals surface area contributed by atoms with Gasteiger partial charge in [-0.25, -0.2) is 9.59 Å². The molecule has 0 saturated carbocycles. The minimum absolute atomic E-state index is 0.0351. The van der Waals surface area contributed by atoms with E-state index in [1.54, 1.807) is 6.92 Å². The van der Waals surface area contributed by atoms with E-state index in [-0.39, 0.29) is 34.8 Å². The Morgan fingerprint density at radius 3 is 2.71 bits per heavy atom. The first-order valence-electron chi connectivity index (χ1n) is 9.14. The van der Waals surface area contributed by atoms with Crippen LogP contribution in [0.3, 0.4) is 0 Å². The Morgan fingerprint density at radius 1 is 1.36 bits per heavy atom. The largest absolute Gasteiger partial charge is 0.493 e. The number of rotatable bonds is 6. The molecule has 0 radical (unpaired) electrons. The zero-order valence-electron chi connectivity index (χ0n) is 15.1. The highest BCUT2D eigenvalue weighted by molar-refractivity contribution is 8.03. The number of β-lactam (4-membered cyclic amide) rings is 1. The van der Waals surface area contributed by atoms with Gasteiger partial charge in [0, 0.05) is 35.6 Å². The van der Waals surface area contributed by atoms with E-state index in [2.05, 4.69) is 15.3 Å². The summed E-state index contributed by atoms with van der Waals surface area (Å²) in [4.78, 5) is 42.1. The Morgan fingerprint density at radius 2 is 2.11 bits per heavy atom. The summed E-state index contributed by atoms with van der Waals surface area (Å²) in [6.45, 7) is 2.21. The van der Waals surface area contributed by atoms with Gasteiger partial charge in [-0.05, 0) is 13.3 Å². The highest BCUT2D eigenvalue weighted by Crippen LogP contribution is 2.48. The maximum Gasteiger partial charge on any atom is 0.353 e. The number of carbonyl (C=O) groups is 2. The first-order valence-corrected chi connectivity index (χ1v) is 10.0. The monoisotopic (exact) mass is 410 g/mol. The summed E-state index contributed by atoms with van der Waals surface area (Å²) >= 11 is 1.46. The van der Waals surface area contributed by atoms with E-state index in [0.29, 0.717) is 30.0 Å². The molecule has 0 aliphatic carbocycles. The van der Waals surface area contributed by atoms with Gasteiger partial charge in [0.1, 0.15) is 5.70 Å². The molecule has 4 rings (SSSR count). The number of aliphatic carboxylic acids is 1. The van der Waals surface area contributed by atoms with E-state index in [9.17, 15) is 29.7 Å². The quantitative estimate of drug-likeness (QED) is 0.337. The van der Waals surface area contributed by atoms with Crippen LogP contribution in [0.25, 0.3) is 0 Å². The van der Waals surface area contributed by atoms with Crippen LogP contribution in [0.15, 0.2) is 15.4 Å². The highest BCUT2D eigenvalue weighted by Gasteiger charge is 2.57. The maximum absolute atomic E-state index is 12.3. The average molecular weight is 410 g/mol. The van der Waals surface area contributed by atoms with Gasteiger partial charge in [0.2, 0.25) is 11.8 Å². The molecule has 0 unspecified atom stereocenters. The number of carboxylic acid groups (broad SMARTS) is 1. The van der Waals surface area contributed by atoms with Gasteiger partial charge in [0.15, 0.2) is 0 Å². The van der Waals surface area contributed by atoms with Crippen LogP contribution in [0.1, 0.15) is 25.5 Å². The third-order valence-electron chi connectivity index (χ3n) is 5.61. The van der Waals surface area contributed by atoms with Crippen LogP contribution in [-0.4, -0.2) is 72.0 Å². The molecule has 11 heteroatoms. The maximum atomic E-state index is 12.3. The summed E-state index contributed by atoms with van der Waals surface area (Å²) < 4.78 is 0. The van der Waals surface area contributed by atoms with Crippen molar-refractivity contribution in [1.82, 2.24) is 20.2 Å². The van der Waals surface area contributed by atoms with Crippen molar-refractivity contribution in [2.24, 2.45) is 5.92 Å².